The minimum absolute atomic E-state index is 0.147. The average Bonchev–Trinajstić information content (AvgIpc) is 2.88. The summed E-state index contributed by atoms with van der Waals surface area (Å²) in [6, 6.07) is 17.9. The molecule has 0 saturated carbocycles. The number of para-hydroxylation sites is 1. The molecule has 1 aliphatic rings. The van der Waals surface area contributed by atoms with Gasteiger partial charge in [0.05, 0.1) is 27.4 Å². The maximum atomic E-state index is 13.9. The summed E-state index contributed by atoms with van der Waals surface area (Å²) >= 11 is 12.6. The van der Waals surface area contributed by atoms with Crippen LogP contribution in [-0.4, -0.2) is 42.0 Å². The van der Waals surface area contributed by atoms with Crippen LogP contribution in [-0.2, 0) is 6.18 Å². The van der Waals surface area contributed by atoms with E-state index >= 15 is 0 Å². The second-order valence-electron chi connectivity index (χ2n) is 8.93. The van der Waals surface area contributed by atoms with Crippen LogP contribution in [0, 0.1) is 6.92 Å². The number of pyridine rings is 1. The summed E-state index contributed by atoms with van der Waals surface area (Å²) in [5.41, 5.74) is 3.00. The van der Waals surface area contributed by atoms with E-state index in [1.165, 1.54) is 6.07 Å². The van der Waals surface area contributed by atoms with Crippen LogP contribution in [0.25, 0.3) is 22.2 Å². The van der Waals surface area contributed by atoms with Gasteiger partial charge in [-0.3, -0.25) is 4.79 Å². The van der Waals surface area contributed by atoms with Crippen molar-refractivity contribution >= 4 is 45.7 Å². The lowest BCUT2D eigenvalue weighted by molar-refractivity contribution is -0.137. The Morgan fingerprint density at radius 3 is 2.35 bits per heavy atom. The zero-order valence-corrected chi connectivity index (χ0v) is 21.3. The molecule has 4 nitrogen and oxygen atoms in total. The molecule has 37 heavy (non-hydrogen) atoms. The van der Waals surface area contributed by atoms with Gasteiger partial charge in [0.1, 0.15) is 0 Å². The van der Waals surface area contributed by atoms with Gasteiger partial charge in [-0.25, -0.2) is 4.98 Å². The first-order valence-corrected chi connectivity index (χ1v) is 12.5. The number of hydrogen-bond donors (Lipinski definition) is 0. The fraction of sp³-hybridized carbons (Fsp3) is 0.214. The van der Waals surface area contributed by atoms with Crippen LogP contribution in [0.2, 0.25) is 10.0 Å². The van der Waals surface area contributed by atoms with Gasteiger partial charge in [-0.2, -0.15) is 13.2 Å². The van der Waals surface area contributed by atoms with Crippen LogP contribution in [0.1, 0.15) is 21.5 Å². The van der Waals surface area contributed by atoms with Gasteiger partial charge in [0.25, 0.3) is 5.91 Å². The Bertz CT molecular complexity index is 1500. The van der Waals surface area contributed by atoms with E-state index in [1.54, 1.807) is 29.2 Å². The summed E-state index contributed by atoms with van der Waals surface area (Å²) in [6.07, 6.45) is -4.40. The number of anilines is 1. The second-order valence-corrected chi connectivity index (χ2v) is 9.77. The Labute approximate surface area is 222 Å². The molecule has 0 N–H and O–H groups in total. The number of fused-ring (bicyclic) bond motifs is 1. The third kappa shape index (κ3) is 4.98. The summed E-state index contributed by atoms with van der Waals surface area (Å²) in [7, 11) is 0. The van der Waals surface area contributed by atoms with Crippen molar-refractivity contribution in [3.05, 3.63) is 93.5 Å². The molecule has 0 bridgehead atoms. The molecule has 0 spiro atoms. The van der Waals surface area contributed by atoms with Crippen molar-refractivity contribution < 1.29 is 18.0 Å². The molecule has 0 atom stereocenters. The van der Waals surface area contributed by atoms with Gasteiger partial charge in [0, 0.05) is 47.8 Å². The molecular formula is C28H22Cl2F3N3O. The third-order valence-corrected chi connectivity index (χ3v) is 7.19. The molecule has 4 aromatic rings. The Morgan fingerprint density at radius 2 is 1.65 bits per heavy atom. The number of hydrogen-bond acceptors (Lipinski definition) is 3. The normalized spacial score (nSPS) is 14.3. The third-order valence-electron chi connectivity index (χ3n) is 6.64. The second kappa shape index (κ2) is 9.88. The van der Waals surface area contributed by atoms with Crippen molar-refractivity contribution in [2.45, 2.75) is 13.1 Å². The maximum Gasteiger partial charge on any atom is 0.416 e. The van der Waals surface area contributed by atoms with Crippen LogP contribution in [0.3, 0.4) is 0 Å². The summed E-state index contributed by atoms with van der Waals surface area (Å²) in [5.74, 6) is -0.147. The van der Waals surface area contributed by atoms with Crippen molar-refractivity contribution in [1.82, 2.24) is 9.88 Å². The van der Waals surface area contributed by atoms with Crippen LogP contribution in [0.4, 0.5) is 18.9 Å². The topological polar surface area (TPSA) is 36.4 Å². The first-order chi connectivity index (χ1) is 17.6. The lowest BCUT2D eigenvalue weighted by Gasteiger charge is -2.36. The van der Waals surface area contributed by atoms with Gasteiger partial charge >= 0.3 is 6.18 Å². The van der Waals surface area contributed by atoms with Gasteiger partial charge < -0.3 is 9.80 Å². The van der Waals surface area contributed by atoms with E-state index in [2.05, 4.69) is 0 Å². The van der Waals surface area contributed by atoms with E-state index in [9.17, 15) is 18.0 Å². The number of halogens is 5. The molecule has 0 unspecified atom stereocenters. The molecule has 190 valence electrons. The molecule has 1 amide bonds. The fourth-order valence-electron chi connectivity index (χ4n) is 4.73. The molecule has 1 saturated heterocycles. The molecule has 1 fully saturated rings. The van der Waals surface area contributed by atoms with Crippen LogP contribution < -0.4 is 4.90 Å². The zero-order chi connectivity index (χ0) is 26.3. The largest absolute Gasteiger partial charge is 0.416 e. The number of alkyl halides is 3. The standard InChI is InChI=1S/C28H22Cl2F3N3O/c1-17-25(22-7-2-3-8-24(22)34-26(17)21-10-9-19(29)16-23(21)30)27(37)36-13-11-35(12-14-36)20-6-4-5-18(15-20)28(31,32)33/h2-10,15-16H,11-14H2,1H3. The van der Waals surface area contributed by atoms with E-state index in [1.807, 2.05) is 36.1 Å². The Balaban J connectivity index is 1.46. The SMILES string of the molecule is Cc1c(-c2ccc(Cl)cc2Cl)nc2ccccc2c1C(=O)N1CCN(c2cccc(C(F)(F)F)c2)CC1. The van der Waals surface area contributed by atoms with E-state index in [4.69, 9.17) is 28.2 Å². The minimum atomic E-state index is -4.40. The molecule has 0 aliphatic carbocycles. The minimum Gasteiger partial charge on any atom is -0.368 e. The van der Waals surface area contributed by atoms with Gasteiger partial charge in [0.2, 0.25) is 0 Å². The molecule has 1 aromatic heterocycles. The number of carbonyl (C=O) groups excluding carboxylic acids is 1. The molecule has 5 rings (SSSR count). The number of rotatable bonds is 3. The number of aromatic nitrogens is 1. The summed E-state index contributed by atoms with van der Waals surface area (Å²) in [6.45, 7) is 3.45. The molecule has 3 aromatic carbocycles. The van der Waals surface area contributed by atoms with E-state index in [-0.39, 0.29) is 5.91 Å². The highest BCUT2D eigenvalue weighted by Crippen LogP contribution is 2.36. The van der Waals surface area contributed by atoms with E-state index in [0.717, 1.165) is 17.5 Å². The van der Waals surface area contributed by atoms with E-state index in [0.29, 0.717) is 69.8 Å². The first kappa shape index (κ1) is 25.4. The monoisotopic (exact) mass is 543 g/mol. The lowest BCUT2D eigenvalue weighted by Crippen LogP contribution is -2.49. The molecule has 2 heterocycles. The Hall–Kier alpha value is -3.29. The lowest BCUT2D eigenvalue weighted by atomic mass is 9.96. The Morgan fingerprint density at radius 1 is 0.919 bits per heavy atom. The number of nitrogens with zero attached hydrogens (tertiary/aromatic N) is 3. The van der Waals surface area contributed by atoms with Gasteiger partial charge in [-0.05, 0) is 55.0 Å². The zero-order valence-electron chi connectivity index (χ0n) is 19.8. The molecule has 0 radical (unpaired) electrons. The van der Waals surface area contributed by atoms with Crippen LogP contribution in [0.15, 0.2) is 66.7 Å². The highest BCUT2D eigenvalue weighted by Gasteiger charge is 2.32. The van der Waals surface area contributed by atoms with Crippen molar-refractivity contribution in [3.63, 3.8) is 0 Å². The number of benzene rings is 3. The van der Waals surface area contributed by atoms with Crippen LogP contribution in [0.5, 0.6) is 0 Å². The Kier molecular flexibility index (Phi) is 6.77. The summed E-state index contributed by atoms with van der Waals surface area (Å²) in [5, 5.41) is 1.67. The van der Waals surface area contributed by atoms with Crippen molar-refractivity contribution in [1.29, 1.82) is 0 Å². The predicted molar refractivity (Wildman–Crippen MR) is 141 cm³/mol. The van der Waals surface area contributed by atoms with Gasteiger partial charge in [0.15, 0.2) is 0 Å². The number of carbonyl (C=O) groups is 1. The number of amides is 1. The predicted octanol–water partition coefficient (Wildman–Crippen LogP) is 7.50. The molecule has 1 aliphatic heterocycles. The summed E-state index contributed by atoms with van der Waals surface area (Å²) in [4.78, 5) is 22.3. The van der Waals surface area contributed by atoms with Crippen LogP contribution >= 0.6 is 23.2 Å². The number of piperazine rings is 1. The van der Waals surface area contributed by atoms with Gasteiger partial charge in [-0.1, -0.05) is 47.5 Å². The van der Waals surface area contributed by atoms with Crippen molar-refractivity contribution in [2.24, 2.45) is 0 Å². The van der Waals surface area contributed by atoms with Crippen molar-refractivity contribution in [3.8, 4) is 11.3 Å². The average molecular weight is 544 g/mol. The highest BCUT2D eigenvalue weighted by molar-refractivity contribution is 6.36. The highest BCUT2D eigenvalue weighted by atomic mass is 35.5. The fourth-order valence-corrected chi connectivity index (χ4v) is 5.23. The summed E-state index contributed by atoms with van der Waals surface area (Å²) < 4.78 is 39.5. The molecule has 9 heteroatoms. The first-order valence-electron chi connectivity index (χ1n) is 11.7. The smallest absolute Gasteiger partial charge is 0.368 e. The van der Waals surface area contributed by atoms with E-state index < -0.39 is 11.7 Å². The quantitative estimate of drug-likeness (QED) is 0.268. The van der Waals surface area contributed by atoms with Crippen molar-refractivity contribution in [2.75, 3.05) is 31.1 Å². The maximum absolute atomic E-state index is 13.9. The van der Waals surface area contributed by atoms with Gasteiger partial charge in [-0.15, -0.1) is 0 Å². The molecular weight excluding hydrogens is 522 g/mol.